The average Bonchev–Trinajstić information content (AvgIpc) is 2.63. The molecular formula is C20H33N5O. The topological polar surface area (TPSA) is 52.6 Å². The molecule has 1 spiro atoms. The Bertz CT molecular complexity index is 647. The van der Waals surface area contributed by atoms with Crippen LogP contribution in [0.25, 0.3) is 0 Å². The first-order valence-electron chi connectivity index (χ1n) is 9.92. The molecular weight excluding hydrogens is 326 g/mol. The molecule has 6 nitrogen and oxygen atoms in total. The Balaban J connectivity index is 1.77. The summed E-state index contributed by atoms with van der Waals surface area (Å²) in [6.07, 6.45) is 7.00. The number of carbonyl (C=O) groups is 1. The largest absolute Gasteiger partial charge is 0.356 e. The summed E-state index contributed by atoms with van der Waals surface area (Å²) >= 11 is 0. The lowest BCUT2D eigenvalue weighted by molar-refractivity contribution is -0.138. The number of hydrogen-bond donors (Lipinski definition) is 0. The van der Waals surface area contributed by atoms with E-state index >= 15 is 0 Å². The first-order chi connectivity index (χ1) is 12.4. The van der Waals surface area contributed by atoms with Gasteiger partial charge in [0.2, 0.25) is 5.91 Å². The summed E-state index contributed by atoms with van der Waals surface area (Å²) in [7, 11) is 4.13. The smallest absolute Gasteiger partial charge is 0.222 e. The zero-order valence-electron chi connectivity index (χ0n) is 16.8. The van der Waals surface area contributed by atoms with Crippen LogP contribution in [-0.2, 0) is 11.2 Å². The highest BCUT2D eigenvalue weighted by Gasteiger charge is 2.42. The van der Waals surface area contributed by atoms with E-state index in [1.54, 1.807) is 0 Å². The van der Waals surface area contributed by atoms with Crippen LogP contribution in [0.2, 0.25) is 0 Å². The molecule has 2 aliphatic heterocycles. The van der Waals surface area contributed by atoms with Crippen molar-refractivity contribution in [2.24, 2.45) is 5.41 Å². The molecule has 1 atom stereocenters. The molecule has 3 rings (SSSR count). The summed E-state index contributed by atoms with van der Waals surface area (Å²) in [5.41, 5.74) is 1.44. The summed E-state index contributed by atoms with van der Waals surface area (Å²) in [4.78, 5) is 28.2. The van der Waals surface area contributed by atoms with Gasteiger partial charge < -0.3 is 14.7 Å². The summed E-state index contributed by atoms with van der Waals surface area (Å²) in [5.74, 6) is 2.26. The van der Waals surface area contributed by atoms with E-state index in [1.165, 1.54) is 18.4 Å². The standard InChI is InChI=1S/C20H33N5O/c1-5-17-13-21-16(2)22-19(17)25-10-6-8-20(15-25)9-7-18(26)24(14-20)12-11-23(3)4/h13H,5-12,14-15H2,1-4H3/t20-/m1/s1. The van der Waals surface area contributed by atoms with Gasteiger partial charge in [-0.25, -0.2) is 9.97 Å². The average molecular weight is 360 g/mol. The maximum Gasteiger partial charge on any atom is 0.222 e. The van der Waals surface area contributed by atoms with Gasteiger partial charge in [-0.05, 0) is 46.7 Å². The second kappa shape index (κ2) is 7.91. The van der Waals surface area contributed by atoms with Crippen LogP contribution in [0.3, 0.4) is 0 Å². The number of carbonyl (C=O) groups excluding carboxylic acids is 1. The Kier molecular flexibility index (Phi) is 5.80. The number of aromatic nitrogens is 2. The fraction of sp³-hybridized carbons (Fsp3) is 0.750. The molecule has 26 heavy (non-hydrogen) atoms. The molecule has 2 aliphatic rings. The molecule has 0 saturated carbocycles. The van der Waals surface area contributed by atoms with Crippen molar-refractivity contribution in [3.8, 4) is 0 Å². The predicted octanol–water partition coefficient (Wildman–Crippen LogP) is 2.12. The lowest BCUT2D eigenvalue weighted by atomic mass is 9.73. The summed E-state index contributed by atoms with van der Waals surface area (Å²) in [6.45, 7) is 8.84. The minimum absolute atomic E-state index is 0.211. The maximum atomic E-state index is 12.4. The number of likely N-dealkylation sites (tertiary alicyclic amines) is 1. The highest BCUT2D eigenvalue weighted by atomic mass is 16.2. The summed E-state index contributed by atoms with van der Waals surface area (Å²) in [5, 5.41) is 0. The molecule has 0 bridgehead atoms. The molecule has 0 N–H and O–H groups in total. The number of rotatable bonds is 5. The SMILES string of the molecule is CCc1cnc(C)nc1N1CCC[C@]2(CCC(=O)N(CCN(C)C)C2)C1. The number of anilines is 1. The molecule has 1 aromatic heterocycles. The zero-order valence-corrected chi connectivity index (χ0v) is 16.8. The van der Waals surface area contributed by atoms with Crippen LogP contribution in [0.1, 0.15) is 44.0 Å². The fourth-order valence-corrected chi connectivity index (χ4v) is 4.35. The van der Waals surface area contributed by atoms with Gasteiger partial charge in [-0.1, -0.05) is 6.92 Å². The van der Waals surface area contributed by atoms with Gasteiger partial charge in [0.05, 0.1) is 0 Å². The molecule has 1 aromatic rings. The first kappa shape index (κ1) is 19.1. The highest BCUT2D eigenvalue weighted by molar-refractivity contribution is 5.77. The van der Waals surface area contributed by atoms with Crippen molar-refractivity contribution in [2.45, 2.75) is 46.0 Å². The molecule has 0 aromatic carbocycles. The van der Waals surface area contributed by atoms with E-state index in [0.29, 0.717) is 12.3 Å². The van der Waals surface area contributed by atoms with Crippen molar-refractivity contribution in [1.82, 2.24) is 19.8 Å². The lowest BCUT2D eigenvalue weighted by Crippen LogP contribution is -2.55. The number of likely N-dealkylation sites (N-methyl/N-ethyl adjacent to an activating group) is 1. The van der Waals surface area contributed by atoms with Gasteiger partial charge in [0.1, 0.15) is 11.6 Å². The van der Waals surface area contributed by atoms with Crippen molar-refractivity contribution >= 4 is 11.7 Å². The molecule has 0 radical (unpaired) electrons. The van der Waals surface area contributed by atoms with Gasteiger partial charge >= 0.3 is 0 Å². The van der Waals surface area contributed by atoms with Crippen LogP contribution in [0.4, 0.5) is 5.82 Å². The maximum absolute atomic E-state index is 12.4. The number of piperidine rings is 2. The van der Waals surface area contributed by atoms with Gasteiger partial charge in [0.25, 0.3) is 0 Å². The number of aryl methyl sites for hydroxylation is 2. The summed E-state index contributed by atoms with van der Waals surface area (Å²) < 4.78 is 0. The van der Waals surface area contributed by atoms with Crippen molar-refractivity contribution in [2.75, 3.05) is 51.7 Å². The molecule has 6 heteroatoms. The molecule has 3 heterocycles. The van der Waals surface area contributed by atoms with E-state index in [2.05, 4.69) is 40.7 Å². The number of amides is 1. The highest BCUT2D eigenvalue weighted by Crippen LogP contribution is 2.40. The van der Waals surface area contributed by atoms with Gasteiger partial charge in [0.15, 0.2) is 0 Å². The Morgan fingerprint density at radius 1 is 1.27 bits per heavy atom. The van der Waals surface area contributed by atoms with Crippen LogP contribution in [0.15, 0.2) is 6.20 Å². The molecule has 144 valence electrons. The van der Waals surface area contributed by atoms with Crippen molar-refractivity contribution in [3.63, 3.8) is 0 Å². The Labute approximate surface area is 157 Å². The quantitative estimate of drug-likeness (QED) is 0.806. The minimum atomic E-state index is 0.211. The van der Waals surface area contributed by atoms with Crippen molar-refractivity contribution in [1.29, 1.82) is 0 Å². The van der Waals surface area contributed by atoms with Gasteiger partial charge in [0, 0.05) is 56.3 Å². The monoisotopic (exact) mass is 359 g/mol. The second-order valence-electron chi connectivity index (χ2n) is 8.26. The van der Waals surface area contributed by atoms with Crippen molar-refractivity contribution in [3.05, 3.63) is 17.6 Å². The Morgan fingerprint density at radius 2 is 2.08 bits per heavy atom. The molecule has 2 fully saturated rings. The van der Waals surface area contributed by atoms with Crippen molar-refractivity contribution < 1.29 is 4.79 Å². The first-order valence-corrected chi connectivity index (χ1v) is 9.92. The van der Waals surface area contributed by atoms with E-state index in [4.69, 9.17) is 4.98 Å². The Hall–Kier alpha value is -1.69. The van der Waals surface area contributed by atoms with E-state index in [0.717, 1.165) is 57.2 Å². The van der Waals surface area contributed by atoms with Crippen LogP contribution >= 0.6 is 0 Å². The van der Waals surface area contributed by atoms with Gasteiger partial charge in [-0.2, -0.15) is 0 Å². The van der Waals surface area contributed by atoms with E-state index in [1.807, 2.05) is 13.1 Å². The predicted molar refractivity (Wildman–Crippen MR) is 104 cm³/mol. The van der Waals surface area contributed by atoms with E-state index in [-0.39, 0.29) is 5.41 Å². The minimum Gasteiger partial charge on any atom is -0.356 e. The van der Waals surface area contributed by atoms with Crippen LogP contribution in [-0.4, -0.2) is 72.5 Å². The van der Waals surface area contributed by atoms with Crippen LogP contribution in [0, 0.1) is 12.3 Å². The molecule has 2 saturated heterocycles. The third-order valence-corrected chi connectivity index (χ3v) is 5.87. The number of hydrogen-bond acceptors (Lipinski definition) is 5. The molecule has 1 amide bonds. The zero-order chi connectivity index (χ0) is 18.7. The Morgan fingerprint density at radius 3 is 2.81 bits per heavy atom. The summed E-state index contributed by atoms with van der Waals surface area (Å²) in [6, 6.07) is 0. The van der Waals surface area contributed by atoms with Gasteiger partial charge in [-0.15, -0.1) is 0 Å². The lowest BCUT2D eigenvalue weighted by Gasteiger charge is -2.49. The molecule has 0 unspecified atom stereocenters. The normalized spacial score (nSPS) is 24.0. The fourth-order valence-electron chi connectivity index (χ4n) is 4.35. The van der Waals surface area contributed by atoms with Gasteiger partial charge in [-0.3, -0.25) is 4.79 Å². The second-order valence-corrected chi connectivity index (χ2v) is 8.26. The third kappa shape index (κ3) is 4.17. The van der Waals surface area contributed by atoms with E-state index in [9.17, 15) is 4.79 Å². The number of nitrogens with zero attached hydrogens (tertiary/aromatic N) is 5. The van der Waals surface area contributed by atoms with Crippen LogP contribution < -0.4 is 4.90 Å². The van der Waals surface area contributed by atoms with Crippen LogP contribution in [0.5, 0.6) is 0 Å². The third-order valence-electron chi connectivity index (χ3n) is 5.87. The molecule has 0 aliphatic carbocycles. The van der Waals surface area contributed by atoms with E-state index < -0.39 is 0 Å².